The van der Waals surface area contributed by atoms with Crippen LogP contribution in [0.5, 0.6) is 0 Å². The van der Waals surface area contributed by atoms with Crippen LogP contribution >= 0.6 is 11.6 Å². The predicted molar refractivity (Wildman–Crippen MR) is 60.8 cm³/mol. The molecule has 1 fully saturated rings. The first-order valence-electron chi connectivity index (χ1n) is 5.27. The molecular formula is C12H16ClN. The van der Waals surface area contributed by atoms with Crippen LogP contribution in [0.4, 0.5) is 0 Å². The van der Waals surface area contributed by atoms with E-state index in [1.54, 1.807) is 0 Å². The van der Waals surface area contributed by atoms with Crippen molar-refractivity contribution >= 4 is 11.6 Å². The summed E-state index contributed by atoms with van der Waals surface area (Å²) in [4.78, 5) is 0. The summed E-state index contributed by atoms with van der Waals surface area (Å²) in [6.45, 7) is 3.18. The fourth-order valence-electron chi connectivity index (χ4n) is 1.96. The van der Waals surface area contributed by atoms with E-state index in [0.29, 0.717) is 6.04 Å². The summed E-state index contributed by atoms with van der Waals surface area (Å²) in [6.07, 6.45) is 3.86. The first kappa shape index (κ1) is 10.0. The van der Waals surface area contributed by atoms with Crippen LogP contribution in [-0.4, -0.2) is 6.54 Å². The fourth-order valence-corrected chi connectivity index (χ4v) is 2.15. The molecule has 1 saturated heterocycles. The molecule has 14 heavy (non-hydrogen) atoms. The van der Waals surface area contributed by atoms with E-state index in [9.17, 15) is 0 Å². The lowest BCUT2D eigenvalue weighted by atomic mass is 9.97. The minimum absolute atomic E-state index is 0.516. The second-order valence-corrected chi connectivity index (χ2v) is 4.42. The van der Waals surface area contributed by atoms with E-state index >= 15 is 0 Å². The normalized spacial score (nSPS) is 22.3. The van der Waals surface area contributed by atoms with Gasteiger partial charge >= 0.3 is 0 Å². The van der Waals surface area contributed by atoms with Gasteiger partial charge in [-0.2, -0.15) is 0 Å². The van der Waals surface area contributed by atoms with Crippen LogP contribution in [0.2, 0.25) is 5.02 Å². The monoisotopic (exact) mass is 209 g/mol. The smallest absolute Gasteiger partial charge is 0.0438 e. The van der Waals surface area contributed by atoms with Gasteiger partial charge in [0.25, 0.3) is 0 Å². The van der Waals surface area contributed by atoms with E-state index in [2.05, 4.69) is 23.5 Å². The maximum absolute atomic E-state index is 6.11. The number of nitrogens with one attached hydrogen (secondary N) is 1. The van der Waals surface area contributed by atoms with Gasteiger partial charge in [-0.3, -0.25) is 0 Å². The number of aryl methyl sites for hydroxylation is 1. The molecule has 0 amide bonds. The van der Waals surface area contributed by atoms with Crippen molar-refractivity contribution in [3.8, 4) is 0 Å². The number of rotatable bonds is 1. The molecule has 0 bridgehead atoms. The van der Waals surface area contributed by atoms with Crippen molar-refractivity contribution in [2.75, 3.05) is 6.54 Å². The summed E-state index contributed by atoms with van der Waals surface area (Å²) in [6, 6.07) is 6.90. The van der Waals surface area contributed by atoms with Crippen LogP contribution in [0.15, 0.2) is 18.2 Å². The van der Waals surface area contributed by atoms with Gasteiger partial charge < -0.3 is 5.32 Å². The zero-order valence-corrected chi connectivity index (χ0v) is 9.27. The number of halogens is 1. The van der Waals surface area contributed by atoms with Gasteiger partial charge in [0.1, 0.15) is 0 Å². The zero-order chi connectivity index (χ0) is 9.97. The van der Waals surface area contributed by atoms with Gasteiger partial charge in [0.2, 0.25) is 0 Å². The third-order valence-corrected chi connectivity index (χ3v) is 3.32. The molecule has 1 aromatic rings. The Bertz CT molecular complexity index is 316. The van der Waals surface area contributed by atoms with Gasteiger partial charge in [-0.25, -0.2) is 0 Å². The Balaban J connectivity index is 2.18. The second-order valence-electron chi connectivity index (χ2n) is 4.01. The lowest BCUT2D eigenvalue weighted by molar-refractivity contribution is 0.412. The number of benzene rings is 1. The van der Waals surface area contributed by atoms with E-state index in [1.165, 1.54) is 24.8 Å². The van der Waals surface area contributed by atoms with E-state index in [-0.39, 0.29) is 0 Å². The summed E-state index contributed by atoms with van der Waals surface area (Å²) >= 11 is 6.11. The molecule has 0 saturated carbocycles. The summed E-state index contributed by atoms with van der Waals surface area (Å²) < 4.78 is 0. The van der Waals surface area contributed by atoms with E-state index in [0.717, 1.165) is 17.1 Å². The fraction of sp³-hybridized carbons (Fsp3) is 0.500. The van der Waals surface area contributed by atoms with Crippen LogP contribution in [0.1, 0.15) is 36.4 Å². The molecule has 1 nitrogen and oxygen atoms in total. The maximum Gasteiger partial charge on any atom is 0.0438 e. The van der Waals surface area contributed by atoms with Crippen LogP contribution in [0, 0.1) is 6.92 Å². The summed E-state index contributed by atoms with van der Waals surface area (Å²) in [5.74, 6) is 0. The quantitative estimate of drug-likeness (QED) is 0.747. The Morgan fingerprint density at radius 1 is 1.36 bits per heavy atom. The van der Waals surface area contributed by atoms with Crippen LogP contribution < -0.4 is 5.32 Å². The van der Waals surface area contributed by atoms with Crippen molar-refractivity contribution in [3.05, 3.63) is 34.3 Å². The lowest BCUT2D eigenvalue weighted by Crippen LogP contribution is -2.26. The Morgan fingerprint density at radius 2 is 2.21 bits per heavy atom. The largest absolute Gasteiger partial charge is 0.310 e. The lowest BCUT2D eigenvalue weighted by Gasteiger charge is -2.24. The van der Waals surface area contributed by atoms with Crippen molar-refractivity contribution in [1.29, 1.82) is 0 Å². The van der Waals surface area contributed by atoms with Crippen molar-refractivity contribution in [2.24, 2.45) is 0 Å². The molecule has 76 valence electrons. The molecule has 0 unspecified atom stereocenters. The average Bonchev–Trinajstić information content (AvgIpc) is 2.23. The molecule has 2 heteroatoms. The highest BCUT2D eigenvalue weighted by molar-refractivity contribution is 6.31. The minimum atomic E-state index is 0.516. The Morgan fingerprint density at radius 3 is 2.86 bits per heavy atom. The average molecular weight is 210 g/mol. The summed E-state index contributed by atoms with van der Waals surface area (Å²) in [5.41, 5.74) is 2.49. The standard InChI is InChI=1S/C12H16ClN/c1-9-5-6-10(8-11(9)13)12-4-2-3-7-14-12/h5-6,8,12,14H,2-4,7H2,1H3/t12-/m1/s1. The van der Waals surface area contributed by atoms with Crippen molar-refractivity contribution in [3.63, 3.8) is 0 Å². The molecule has 0 spiro atoms. The van der Waals surface area contributed by atoms with Crippen molar-refractivity contribution < 1.29 is 0 Å². The van der Waals surface area contributed by atoms with Gasteiger partial charge in [-0.1, -0.05) is 30.2 Å². The molecule has 0 radical (unpaired) electrons. The Hall–Kier alpha value is -0.530. The highest BCUT2D eigenvalue weighted by Gasteiger charge is 2.14. The first-order chi connectivity index (χ1) is 6.77. The van der Waals surface area contributed by atoms with E-state index < -0.39 is 0 Å². The molecule has 2 rings (SSSR count). The SMILES string of the molecule is Cc1ccc([C@H]2CCCCN2)cc1Cl. The summed E-state index contributed by atoms with van der Waals surface area (Å²) in [5, 5.41) is 4.41. The molecule has 0 aromatic heterocycles. The van der Waals surface area contributed by atoms with Crippen LogP contribution in [0.25, 0.3) is 0 Å². The topological polar surface area (TPSA) is 12.0 Å². The van der Waals surface area contributed by atoms with Gasteiger partial charge in [0, 0.05) is 11.1 Å². The van der Waals surface area contributed by atoms with Gasteiger partial charge in [0.15, 0.2) is 0 Å². The van der Waals surface area contributed by atoms with E-state index in [4.69, 9.17) is 11.6 Å². The molecule has 0 aliphatic carbocycles. The molecule has 1 N–H and O–H groups in total. The van der Waals surface area contributed by atoms with Crippen molar-refractivity contribution in [2.45, 2.75) is 32.2 Å². The van der Waals surface area contributed by atoms with Crippen LogP contribution in [-0.2, 0) is 0 Å². The molecular weight excluding hydrogens is 194 g/mol. The maximum atomic E-state index is 6.11. The predicted octanol–water partition coefficient (Wildman–Crippen LogP) is 3.46. The third-order valence-electron chi connectivity index (χ3n) is 2.91. The highest BCUT2D eigenvalue weighted by Crippen LogP contribution is 2.26. The molecule has 1 aliphatic heterocycles. The van der Waals surface area contributed by atoms with Gasteiger partial charge in [-0.15, -0.1) is 0 Å². The molecule has 1 aromatic carbocycles. The zero-order valence-electron chi connectivity index (χ0n) is 8.52. The number of piperidine rings is 1. The Kier molecular flexibility index (Phi) is 3.09. The number of hydrogen-bond donors (Lipinski definition) is 1. The third kappa shape index (κ3) is 2.10. The Labute approximate surface area is 90.5 Å². The molecule has 1 atom stereocenters. The van der Waals surface area contributed by atoms with Crippen molar-refractivity contribution in [1.82, 2.24) is 5.32 Å². The molecule has 1 heterocycles. The van der Waals surface area contributed by atoms with Gasteiger partial charge in [-0.05, 0) is 43.5 Å². The minimum Gasteiger partial charge on any atom is -0.310 e. The van der Waals surface area contributed by atoms with Crippen LogP contribution in [0.3, 0.4) is 0 Å². The molecule has 1 aliphatic rings. The number of hydrogen-bond acceptors (Lipinski definition) is 1. The first-order valence-corrected chi connectivity index (χ1v) is 5.64. The second kappa shape index (κ2) is 4.33. The van der Waals surface area contributed by atoms with Gasteiger partial charge in [0.05, 0.1) is 0 Å². The van der Waals surface area contributed by atoms with E-state index in [1.807, 2.05) is 6.92 Å². The highest BCUT2D eigenvalue weighted by atomic mass is 35.5. The summed E-state index contributed by atoms with van der Waals surface area (Å²) in [7, 11) is 0.